The minimum absolute atomic E-state index is 0.00138. The van der Waals surface area contributed by atoms with Crippen molar-refractivity contribution in [1.29, 1.82) is 0 Å². The van der Waals surface area contributed by atoms with Gasteiger partial charge in [0.1, 0.15) is 12.6 Å². The molecule has 0 spiro atoms. The lowest BCUT2D eigenvalue weighted by Gasteiger charge is -2.32. The number of carbonyl (C=O) groups is 2. The molecule has 1 aromatic carbocycles. The monoisotopic (exact) mass is 362 g/mol. The van der Waals surface area contributed by atoms with E-state index in [2.05, 4.69) is 0 Å². The standard InChI is InChI=1S/C18H22N2O6/c1-25-17(21)16-10-13-4-2-3-5-15(13)19(16)18(22)26-11-12-6-8-14(9-7-12)20(23)24/h6-9,13,15-16H,2-5,10-11H2,1H3. The van der Waals surface area contributed by atoms with Crippen molar-refractivity contribution in [2.24, 2.45) is 5.92 Å². The zero-order valence-corrected chi connectivity index (χ0v) is 14.6. The summed E-state index contributed by atoms with van der Waals surface area (Å²) in [5.41, 5.74) is 0.633. The van der Waals surface area contributed by atoms with Crippen LogP contribution in [0, 0.1) is 16.0 Å². The number of methoxy groups -OCH3 is 1. The first kappa shape index (κ1) is 18.2. The molecule has 1 aliphatic heterocycles. The Bertz CT molecular complexity index is 689. The Balaban J connectivity index is 1.67. The average molecular weight is 362 g/mol. The Kier molecular flexibility index (Phi) is 5.39. The number of amides is 1. The molecule has 140 valence electrons. The molecule has 0 aromatic heterocycles. The summed E-state index contributed by atoms with van der Waals surface area (Å²) in [6, 6.07) is 5.25. The van der Waals surface area contributed by atoms with Crippen molar-refractivity contribution < 1.29 is 24.0 Å². The highest BCUT2D eigenvalue weighted by atomic mass is 16.6. The predicted octanol–water partition coefficient (Wildman–Crippen LogP) is 3.04. The molecule has 2 aliphatic rings. The number of esters is 1. The van der Waals surface area contributed by atoms with E-state index < -0.39 is 23.0 Å². The number of benzene rings is 1. The minimum atomic E-state index is -0.600. The van der Waals surface area contributed by atoms with Crippen LogP contribution in [0.25, 0.3) is 0 Å². The Morgan fingerprint density at radius 1 is 1.23 bits per heavy atom. The van der Waals surface area contributed by atoms with Gasteiger partial charge < -0.3 is 9.47 Å². The van der Waals surface area contributed by atoms with Crippen molar-refractivity contribution in [3.8, 4) is 0 Å². The first-order valence-electron chi connectivity index (χ1n) is 8.77. The lowest BCUT2D eigenvalue weighted by Crippen LogP contribution is -2.46. The Labute approximate surface area is 151 Å². The minimum Gasteiger partial charge on any atom is -0.467 e. The van der Waals surface area contributed by atoms with Crippen molar-refractivity contribution >= 4 is 17.7 Å². The summed E-state index contributed by atoms with van der Waals surface area (Å²) in [4.78, 5) is 36.5. The molecule has 1 heterocycles. The third-order valence-electron chi connectivity index (χ3n) is 5.28. The molecule has 1 saturated carbocycles. The molecule has 8 heteroatoms. The second-order valence-corrected chi connectivity index (χ2v) is 6.77. The molecule has 3 atom stereocenters. The van der Waals surface area contributed by atoms with E-state index in [1.54, 1.807) is 17.0 Å². The lowest BCUT2D eigenvalue weighted by atomic mass is 9.85. The van der Waals surface area contributed by atoms with Crippen LogP contribution in [0.5, 0.6) is 0 Å². The van der Waals surface area contributed by atoms with Gasteiger partial charge in [-0.2, -0.15) is 0 Å². The molecule has 3 unspecified atom stereocenters. The van der Waals surface area contributed by atoms with Crippen molar-refractivity contribution in [2.75, 3.05) is 7.11 Å². The number of nitro groups is 1. The van der Waals surface area contributed by atoms with E-state index in [0.29, 0.717) is 17.9 Å². The van der Waals surface area contributed by atoms with E-state index in [1.165, 1.54) is 19.2 Å². The lowest BCUT2D eigenvalue weighted by molar-refractivity contribution is -0.384. The molecule has 0 N–H and O–H groups in total. The normalized spacial score (nSPS) is 24.7. The Hall–Kier alpha value is -2.64. The topological polar surface area (TPSA) is 99.0 Å². The third kappa shape index (κ3) is 3.63. The highest BCUT2D eigenvalue weighted by Gasteiger charge is 2.48. The summed E-state index contributed by atoms with van der Waals surface area (Å²) < 4.78 is 10.3. The van der Waals surface area contributed by atoms with E-state index in [1.807, 2.05) is 0 Å². The summed E-state index contributed by atoms with van der Waals surface area (Å²) in [5.74, 6) is -0.105. The third-order valence-corrected chi connectivity index (χ3v) is 5.28. The smallest absolute Gasteiger partial charge is 0.411 e. The first-order valence-corrected chi connectivity index (χ1v) is 8.77. The van der Waals surface area contributed by atoms with Gasteiger partial charge in [-0.05, 0) is 42.9 Å². The molecule has 26 heavy (non-hydrogen) atoms. The molecule has 1 aliphatic carbocycles. The number of rotatable bonds is 4. The highest BCUT2D eigenvalue weighted by molar-refractivity contribution is 5.82. The van der Waals surface area contributed by atoms with Crippen molar-refractivity contribution in [1.82, 2.24) is 4.90 Å². The number of nitrogens with zero attached hydrogens (tertiary/aromatic N) is 2. The quantitative estimate of drug-likeness (QED) is 0.464. The number of ether oxygens (including phenoxy) is 2. The van der Waals surface area contributed by atoms with Crippen LogP contribution < -0.4 is 0 Å². The van der Waals surface area contributed by atoms with Crippen LogP contribution in [0.2, 0.25) is 0 Å². The summed E-state index contributed by atoms with van der Waals surface area (Å²) >= 11 is 0. The summed E-state index contributed by atoms with van der Waals surface area (Å²) in [7, 11) is 1.32. The van der Waals surface area contributed by atoms with Crippen molar-refractivity contribution in [3.05, 3.63) is 39.9 Å². The Morgan fingerprint density at radius 2 is 1.92 bits per heavy atom. The largest absolute Gasteiger partial charge is 0.467 e. The van der Waals surface area contributed by atoms with Crippen LogP contribution in [0.4, 0.5) is 10.5 Å². The van der Waals surface area contributed by atoms with Crippen LogP contribution >= 0.6 is 0 Å². The van der Waals surface area contributed by atoms with Gasteiger partial charge in [-0.25, -0.2) is 9.59 Å². The molecule has 0 radical (unpaired) electrons. The van der Waals surface area contributed by atoms with Crippen molar-refractivity contribution in [3.63, 3.8) is 0 Å². The number of likely N-dealkylation sites (tertiary alicyclic amines) is 1. The molecule has 8 nitrogen and oxygen atoms in total. The molecule has 3 rings (SSSR count). The zero-order chi connectivity index (χ0) is 18.7. The summed E-state index contributed by atoms with van der Waals surface area (Å²) in [6.45, 7) is -0.00138. The average Bonchev–Trinajstić information content (AvgIpc) is 3.05. The number of hydrogen-bond acceptors (Lipinski definition) is 6. The van der Waals surface area contributed by atoms with Crippen molar-refractivity contribution in [2.45, 2.75) is 50.8 Å². The van der Waals surface area contributed by atoms with Crippen LogP contribution in [-0.2, 0) is 20.9 Å². The van der Waals surface area contributed by atoms with Gasteiger partial charge in [0.15, 0.2) is 0 Å². The predicted molar refractivity (Wildman–Crippen MR) is 91.3 cm³/mol. The van der Waals surface area contributed by atoms with Gasteiger partial charge in [-0.15, -0.1) is 0 Å². The van der Waals surface area contributed by atoms with E-state index in [4.69, 9.17) is 9.47 Å². The maximum absolute atomic E-state index is 12.7. The molecule has 0 bridgehead atoms. The number of hydrogen-bond donors (Lipinski definition) is 0. The molecule has 2 fully saturated rings. The first-order chi connectivity index (χ1) is 12.5. The van der Waals surface area contributed by atoms with Gasteiger partial charge in [0.2, 0.25) is 0 Å². The number of nitro benzene ring substituents is 1. The second kappa shape index (κ2) is 7.72. The maximum Gasteiger partial charge on any atom is 0.411 e. The van der Waals surface area contributed by atoms with E-state index in [-0.39, 0.29) is 18.3 Å². The fourth-order valence-electron chi connectivity index (χ4n) is 4.00. The molecule has 1 amide bonds. The maximum atomic E-state index is 12.7. The van der Waals surface area contributed by atoms with Crippen LogP contribution in [0.15, 0.2) is 24.3 Å². The molecule has 1 saturated heterocycles. The second-order valence-electron chi connectivity index (χ2n) is 6.77. The number of fused-ring (bicyclic) bond motifs is 1. The summed E-state index contributed by atoms with van der Waals surface area (Å²) in [6.07, 6.45) is 4.09. The number of carbonyl (C=O) groups excluding carboxylic acids is 2. The molecular weight excluding hydrogens is 340 g/mol. The highest BCUT2D eigenvalue weighted by Crippen LogP contribution is 2.40. The van der Waals surface area contributed by atoms with Gasteiger partial charge >= 0.3 is 12.1 Å². The fraction of sp³-hybridized carbons (Fsp3) is 0.556. The molecular formula is C18H22N2O6. The SMILES string of the molecule is COC(=O)C1CC2CCCCC2N1C(=O)OCc1ccc([N+](=O)[O-])cc1. The van der Waals surface area contributed by atoms with Gasteiger partial charge in [0, 0.05) is 18.2 Å². The van der Waals surface area contributed by atoms with Crippen LogP contribution in [-0.4, -0.2) is 41.1 Å². The Morgan fingerprint density at radius 3 is 2.58 bits per heavy atom. The van der Waals surface area contributed by atoms with Gasteiger partial charge in [-0.1, -0.05) is 12.8 Å². The van der Waals surface area contributed by atoms with E-state index in [9.17, 15) is 19.7 Å². The van der Waals surface area contributed by atoms with Crippen LogP contribution in [0.3, 0.4) is 0 Å². The number of non-ortho nitro benzene ring substituents is 1. The van der Waals surface area contributed by atoms with Gasteiger partial charge in [0.05, 0.1) is 12.0 Å². The molecule has 1 aromatic rings. The van der Waals surface area contributed by atoms with E-state index >= 15 is 0 Å². The van der Waals surface area contributed by atoms with Crippen LogP contribution in [0.1, 0.15) is 37.7 Å². The zero-order valence-electron chi connectivity index (χ0n) is 14.6. The summed E-state index contributed by atoms with van der Waals surface area (Å²) in [5, 5.41) is 10.7. The van der Waals surface area contributed by atoms with Gasteiger partial charge in [0.25, 0.3) is 5.69 Å². The van der Waals surface area contributed by atoms with E-state index in [0.717, 1.165) is 25.7 Å². The fourth-order valence-corrected chi connectivity index (χ4v) is 4.00. The van der Waals surface area contributed by atoms with Gasteiger partial charge in [-0.3, -0.25) is 15.0 Å².